The molecule has 0 unspecified atom stereocenters. The number of anilines is 1. The van der Waals surface area contributed by atoms with Crippen molar-refractivity contribution < 1.29 is 32.6 Å². The molecule has 3 aromatic carbocycles. The number of alkyl halides is 3. The normalized spacial score (nSPS) is 14.4. The zero-order chi connectivity index (χ0) is 25.7. The largest absolute Gasteiger partial charge is 0.508 e. The van der Waals surface area contributed by atoms with E-state index in [1.807, 2.05) is 12.1 Å². The maximum atomic E-state index is 12.9. The molecule has 36 heavy (non-hydrogen) atoms. The number of piperidine rings is 1. The molecule has 0 radical (unpaired) electrons. The van der Waals surface area contributed by atoms with E-state index in [0.29, 0.717) is 30.3 Å². The summed E-state index contributed by atoms with van der Waals surface area (Å²) in [5.41, 5.74) is 0.817. The van der Waals surface area contributed by atoms with E-state index in [0.717, 1.165) is 30.5 Å². The van der Waals surface area contributed by atoms with E-state index < -0.39 is 24.3 Å². The van der Waals surface area contributed by atoms with Gasteiger partial charge in [0, 0.05) is 24.3 Å². The Bertz CT molecular complexity index is 1200. The number of nitrogens with zero attached hydrogens (tertiary/aromatic N) is 1. The van der Waals surface area contributed by atoms with Gasteiger partial charge in [-0.3, -0.25) is 9.59 Å². The lowest BCUT2D eigenvalue weighted by Gasteiger charge is -2.32. The number of likely N-dealkylation sites (tertiary alicyclic amines) is 1. The molecule has 1 heterocycles. The summed E-state index contributed by atoms with van der Waals surface area (Å²) in [4.78, 5) is 26.8. The van der Waals surface area contributed by atoms with Crippen molar-refractivity contribution in [2.24, 2.45) is 0 Å². The van der Waals surface area contributed by atoms with Crippen molar-refractivity contribution in [3.8, 4) is 11.5 Å². The van der Waals surface area contributed by atoms with Crippen molar-refractivity contribution in [1.29, 1.82) is 0 Å². The SMILES string of the molecule is O=C(COc1ccc(C(=O)N2CCC(c3ccc(O)cc3)CC2)cc1)Nc1cccc(C(F)(F)F)c1. The summed E-state index contributed by atoms with van der Waals surface area (Å²) >= 11 is 0. The van der Waals surface area contributed by atoms with Gasteiger partial charge in [0.1, 0.15) is 11.5 Å². The number of aromatic hydroxyl groups is 1. The second kappa shape index (κ2) is 10.7. The molecule has 0 bridgehead atoms. The molecular weight excluding hydrogens is 473 g/mol. The smallest absolute Gasteiger partial charge is 0.416 e. The van der Waals surface area contributed by atoms with Gasteiger partial charge in [-0.25, -0.2) is 0 Å². The van der Waals surface area contributed by atoms with Gasteiger partial charge in [-0.05, 0) is 78.9 Å². The summed E-state index contributed by atoms with van der Waals surface area (Å²) in [6.07, 6.45) is -2.84. The van der Waals surface area contributed by atoms with Gasteiger partial charge in [0.25, 0.3) is 11.8 Å². The molecule has 1 aliphatic heterocycles. The van der Waals surface area contributed by atoms with Crippen LogP contribution in [-0.4, -0.2) is 41.5 Å². The van der Waals surface area contributed by atoms with Gasteiger partial charge >= 0.3 is 6.18 Å². The number of halogens is 3. The Kier molecular flexibility index (Phi) is 7.47. The van der Waals surface area contributed by atoms with E-state index in [2.05, 4.69) is 5.32 Å². The minimum atomic E-state index is -4.50. The third-order valence-electron chi connectivity index (χ3n) is 6.09. The number of carbonyl (C=O) groups is 2. The van der Waals surface area contributed by atoms with Gasteiger partial charge in [0.05, 0.1) is 5.56 Å². The molecule has 3 aromatic rings. The van der Waals surface area contributed by atoms with Crippen molar-refractivity contribution in [3.05, 3.63) is 89.5 Å². The average molecular weight is 499 g/mol. The number of phenolic OH excluding ortho intramolecular Hbond substituents is 1. The maximum absolute atomic E-state index is 12.9. The molecule has 2 amide bonds. The molecule has 0 saturated carbocycles. The Labute approximate surface area is 206 Å². The zero-order valence-corrected chi connectivity index (χ0v) is 19.3. The molecule has 4 rings (SSSR count). The van der Waals surface area contributed by atoms with Gasteiger partial charge in [-0.2, -0.15) is 13.2 Å². The van der Waals surface area contributed by atoms with E-state index in [1.54, 1.807) is 41.3 Å². The Balaban J connectivity index is 1.26. The first kappa shape index (κ1) is 25.1. The zero-order valence-electron chi connectivity index (χ0n) is 19.3. The van der Waals surface area contributed by atoms with Crippen molar-refractivity contribution in [2.75, 3.05) is 25.0 Å². The van der Waals surface area contributed by atoms with Crippen LogP contribution in [0.1, 0.15) is 40.2 Å². The number of ether oxygens (including phenoxy) is 1. The van der Waals surface area contributed by atoms with Crippen molar-refractivity contribution in [3.63, 3.8) is 0 Å². The highest BCUT2D eigenvalue weighted by molar-refractivity contribution is 5.94. The van der Waals surface area contributed by atoms with Gasteiger partial charge in [0.2, 0.25) is 0 Å². The topological polar surface area (TPSA) is 78.9 Å². The van der Waals surface area contributed by atoms with Gasteiger partial charge in [-0.1, -0.05) is 18.2 Å². The maximum Gasteiger partial charge on any atom is 0.416 e. The first-order valence-electron chi connectivity index (χ1n) is 11.5. The summed E-state index contributed by atoms with van der Waals surface area (Å²) in [5, 5.41) is 11.8. The highest BCUT2D eigenvalue weighted by atomic mass is 19.4. The Morgan fingerprint density at radius 2 is 1.64 bits per heavy atom. The molecule has 1 aliphatic rings. The summed E-state index contributed by atoms with van der Waals surface area (Å²) in [6.45, 7) is 0.852. The van der Waals surface area contributed by atoms with E-state index in [1.165, 1.54) is 12.1 Å². The standard InChI is InChI=1S/C27H25F3N2O4/c28-27(29,30)21-2-1-3-22(16-21)31-25(34)17-36-24-10-6-20(7-11-24)26(35)32-14-12-19(13-15-32)18-4-8-23(33)9-5-18/h1-11,16,19,33H,12-15,17H2,(H,31,34). The van der Waals surface area contributed by atoms with Crippen LogP contribution in [0.4, 0.5) is 18.9 Å². The van der Waals surface area contributed by atoms with Gasteiger partial charge in [0.15, 0.2) is 6.61 Å². The number of rotatable bonds is 6. The number of amides is 2. The van der Waals surface area contributed by atoms with Crippen LogP contribution in [-0.2, 0) is 11.0 Å². The third-order valence-corrected chi connectivity index (χ3v) is 6.09. The fourth-order valence-electron chi connectivity index (χ4n) is 4.16. The van der Waals surface area contributed by atoms with Crippen LogP contribution in [0, 0.1) is 0 Å². The number of phenols is 1. The van der Waals surface area contributed by atoms with Crippen LogP contribution in [0.2, 0.25) is 0 Å². The molecule has 0 aromatic heterocycles. The quantitative estimate of drug-likeness (QED) is 0.474. The molecule has 0 atom stereocenters. The molecule has 1 fully saturated rings. The van der Waals surface area contributed by atoms with Crippen LogP contribution in [0.3, 0.4) is 0 Å². The molecular formula is C27H25F3N2O4. The number of hydrogen-bond donors (Lipinski definition) is 2. The van der Waals surface area contributed by atoms with Crippen LogP contribution < -0.4 is 10.1 Å². The summed E-state index contributed by atoms with van der Waals surface area (Å²) < 4.78 is 43.8. The predicted octanol–water partition coefficient (Wildman–Crippen LogP) is 5.45. The Morgan fingerprint density at radius 3 is 2.28 bits per heavy atom. The van der Waals surface area contributed by atoms with E-state index in [-0.39, 0.29) is 17.3 Å². The van der Waals surface area contributed by atoms with Crippen LogP contribution in [0.25, 0.3) is 0 Å². The lowest BCUT2D eigenvalue weighted by atomic mass is 9.89. The lowest BCUT2D eigenvalue weighted by molar-refractivity contribution is -0.137. The van der Waals surface area contributed by atoms with Crippen molar-refractivity contribution >= 4 is 17.5 Å². The molecule has 2 N–H and O–H groups in total. The number of benzene rings is 3. The highest BCUT2D eigenvalue weighted by Crippen LogP contribution is 2.31. The monoisotopic (exact) mass is 498 g/mol. The molecule has 0 aliphatic carbocycles. The number of carbonyl (C=O) groups excluding carboxylic acids is 2. The van der Waals surface area contributed by atoms with E-state index in [9.17, 15) is 27.9 Å². The van der Waals surface area contributed by atoms with Gasteiger partial charge < -0.3 is 20.1 Å². The number of nitrogens with one attached hydrogen (secondary N) is 1. The second-order valence-electron chi connectivity index (χ2n) is 8.60. The number of hydrogen-bond acceptors (Lipinski definition) is 4. The molecule has 9 heteroatoms. The Morgan fingerprint density at radius 1 is 0.972 bits per heavy atom. The second-order valence-corrected chi connectivity index (χ2v) is 8.60. The fraction of sp³-hybridized carbons (Fsp3) is 0.259. The fourth-order valence-corrected chi connectivity index (χ4v) is 4.16. The minimum absolute atomic E-state index is 0.0218. The van der Waals surface area contributed by atoms with Crippen LogP contribution in [0.5, 0.6) is 11.5 Å². The van der Waals surface area contributed by atoms with Crippen LogP contribution >= 0.6 is 0 Å². The molecule has 0 spiro atoms. The molecule has 1 saturated heterocycles. The minimum Gasteiger partial charge on any atom is -0.508 e. The summed E-state index contributed by atoms with van der Waals surface area (Å²) in [7, 11) is 0. The molecule has 188 valence electrons. The first-order chi connectivity index (χ1) is 17.2. The predicted molar refractivity (Wildman–Crippen MR) is 128 cm³/mol. The van der Waals surface area contributed by atoms with E-state index >= 15 is 0 Å². The van der Waals surface area contributed by atoms with Crippen molar-refractivity contribution in [1.82, 2.24) is 4.90 Å². The highest BCUT2D eigenvalue weighted by Gasteiger charge is 2.30. The van der Waals surface area contributed by atoms with E-state index in [4.69, 9.17) is 4.74 Å². The van der Waals surface area contributed by atoms with Crippen molar-refractivity contribution in [2.45, 2.75) is 24.9 Å². The van der Waals surface area contributed by atoms with Gasteiger partial charge in [-0.15, -0.1) is 0 Å². The summed E-state index contributed by atoms with van der Waals surface area (Å²) in [6, 6.07) is 17.9. The summed E-state index contributed by atoms with van der Waals surface area (Å²) in [5.74, 6) is 0.235. The Hall–Kier alpha value is -4.01. The average Bonchev–Trinajstić information content (AvgIpc) is 2.88. The van der Waals surface area contributed by atoms with Crippen LogP contribution in [0.15, 0.2) is 72.8 Å². The third kappa shape index (κ3) is 6.35. The lowest BCUT2D eigenvalue weighted by Crippen LogP contribution is -2.37. The molecule has 6 nitrogen and oxygen atoms in total. The first-order valence-corrected chi connectivity index (χ1v) is 11.5.